The molecule has 0 spiro atoms. The smallest absolute Gasteiger partial charge is 0.290 e. The Labute approximate surface area is 232 Å². The Morgan fingerprint density at radius 2 is 1.82 bits per heavy atom. The monoisotopic (exact) mass is 547 g/mol. The molecule has 210 valence electrons. The summed E-state index contributed by atoms with van der Waals surface area (Å²) in [4.78, 5) is 25.8. The van der Waals surface area contributed by atoms with Crippen molar-refractivity contribution in [2.75, 3.05) is 30.8 Å². The molecule has 0 unspecified atom stereocenters. The van der Waals surface area contributed by atoms with Crippen molar-refractivity contribution in [1.29, 1.82) is 0 Å². The number of ether oxygens (including phenoxy) is 1. The van der Waals surface area contributed by atoms with Crippen LogP contribution >= 0.6 is 0 Å². The first-order valence-corrected chi connectivity index (χ1v) is 12.4. The van der Waals surface area contributed by atoms with E-state index in [-0.39, 0.29) is 25.0 Å². The fourth-order valence-electron chi connectivity index (χ4n) is 4.29. The third-order valence-corrected chi connectivity index (χ3v) is 6.11. The van der Waals surface area contributed by atoms with Gasteiger partial charge in [0.1, 0.15) is 5.82 Å². The van der Waals surface area contributed by atoms with Crippen LogP contribution in [0.2, 0.25) is 0 Å². The molecule has 0 radical (unpaired) electrons. The molecule has 0 amide bonds. The van der Waals surface area contributed by atoms with E-state index in [0.717, 1.165) is 42.1 Å². The average molecular weight is 548 g/mol. The summed E-state index contributed by atoms with van der Waals surface area (Å²) in [6.07, 6.45) is 8.50. The van der Waals surface area contributed by atoms with Crippen molar-refractivity contribution in [2.24, 2.45) is 7.05 Å². The molecule has 5 rings (SSSR count). The molecule has 4 aromatic rings. The zero-order chi connectivity index (χ0) is 28.7. The lowest BCUT2D eigenvalue weighted by molar-refractivity contribution is -0.123. The number of hydrogen-bond donors (Lipinski definition) is 5. The van der Waals surface area contributed by atoms with Gasteiger partial charge in [-0.1, -0.05) is 36.4 Å². The molecule has 0 fully saturated rings. The second-order valence-corrected chi connectivity index (χ2v) is 8.67. The summed E-state index contributed by atoms with van der Waals surface area (Å²) in [5.74, 6) is 1.50. The van der Waals surface area contributed by atoms with Crippen LogP contribution in [0.3, 0.4) is 0 Å². The molecule has 40 heavy (non-hydrogen) atoms. The molecule has 12 heteroatoms. The summed E-state index contributed by atoms with van der Waals surface area (Å²) in [5.41, 5.74) is 5.52. The Morgan fingerprint density at radius 1 is 1.07 bits per heavy atom. The standard InChI is InChI=1S/C26H29N7O.2CH2O2/c1-33-17-21(15-31-33)20-12-22-26(30-14-20)32-23(16-28-22)25(19-6-4-3-5-7-19)27-11-10-18-8-9-24(34-2)29-13-18;2*2-1-3/h3-9,12-15,17,23,25,27-28H,10-11,16H2,1-2H3,(H,30,32);2*1H,(H,2,3)/t23-,25-;;/m0../s1. The molecule has 12 nitrogen and oxygen atoms in total. The topological polar surface area (TPSA) is 164 Å². The number of aromatic nitrogens is 4. The van der Waals surface area contributed by atoms with E-state index in [1.54, 1.807) is 11.8 Å². The van der Waals surface area contributed by atoms with Gasteiger partial charge in [0.05, 0.1) is 31.1 Å². The predicted octanol–water partition coefficient (Wildman–Crippen LogP) is 3.07. The summed E-state index contributed by atoms with van der Waals surface area (Å²) in [6, 6.07) is 16.9. The SMILES string of the molecule is COc1ccc(CCN[C@@H](c2ccccc2)[C@@H]2CNc3cc(-c4cnn(C)c4)cnc3N2)cn1.O=CO.O=CO. The number of nitrogens with zero attached hydrogens (tertiary/aromatic N) is 4. The van der Waals surface area contributed by atoms with E-state index in [9.17, 15) is 0 Å². The third kappa shape index (κ3) is 8.27. The largest absolute Gasteiger partial charge is 0.483 e. The molecule has 1 aromatic carbocycles. The van der Waals surface area contributed by atoms with Crippen LogP contribution in [0.4, 0.5) is 11.5 Å². The Hall–Kier alpha value is -4.97. The van der Waals surface area contributed by atoms with E-state index < -0.39 is 0 Å². The Balaban J connectivity index is 0.000000676. The molecule has 0 saturated carbocycles. The van der Waals surface area contributed by atoms with Gasteiger partial charge in [-0.3, -0.25) is 14.3 Å². The summed E-state index contributed by atoms with van der Waals surface area (Å²) >= 11 is 0. The first-order chi connectivity index (χ1) is 19.5. The van der Waals surface area contributed by atoms with Crippen LogP contribution < -0.4 is 20.7 Å². The highest BCUT2D eigenvalue weighted by Gasteiger charge is 2.27. The average Bonchev–Trinajstić information content (AvgIpc) is 3.42. The minimum absolute atomic E-state index is 0.118. The lowest BCUT2D eigenvalue weighted by Gasteiger charge is -2.34. The van der Waals surface area contributed by atoms with Crippen molar-refractivity contribution in [3.63, 3.8) is 0 Å². The summed E-state index contributed by atoms with van der Waals surface area (Å²) in [6.45, 7) is 1.10. The molecule has 0 bridgehead atoms. The highest BCUT2D eigenvalue weighted by Crippen LogP contribution is 2.32. The number of hydrogen-bond acceptors (Lipinski definition) is 9. The maximum atomic E-state index is 8.36. The number of carboxylic acid groups (broad SMARTS) is 2. The van der Waals surface area contributed by atoms with Crippen LogP contribution in [-0.2, 0) is 23.1 Å². The van der Waals surface area contributed by atoms with Gasteiger partial charge in [-0.05, 0) is 30.2 Å². The Morgan fingerprint density at radius 3 is 2.45 bits per heavy atom. The van der Waals surface area contributed by atoms with E-state index >= 15 is 0 Å². The summed E-state index contributed by atoms with van der Waals surface area (Å²) in [7, 11) is 3.55. The normalized spacial score (nSPS) is 13.9. The van der Waals surface area contributed by atoms with Crippen LogP contribution in [0.5, 0.6) is 5.88 Å². The highest BCUT2D eigenvalue weighted by atomic mass is 16.5. The lowest BCUT2D eigenvalue weighted by Crippen LogP contribution is -2.44. The van der Waals surface area contributed by atoms with E-state index in [1.165, 1.54) is 11.1 Å². The number of fused-ring (bicyclic) bond motifs is 1. The van der Waals surface area contributed by atoms with Crippen molar-refractivity contribution in [3.8, 4) is 17.0 Å². The number of anilines is 2. The van der Waals surface area contributed by atoms with Crippen molar-refractivity contribution in [3.05, 3.63) is 84.4 Å². The van der Waals surface area contributed by atoms with Crippen molar-refractivity contribution < 1.29 is 24.5 Å². The number of benzene rings is 1. The minimum atomic E-state index is -0.250. The number of aryl methyl sites for hydroxylation is 1. The quantitative estimate of drug-likeness (QED) is 0.206. The number of rotatable bonds is 8. The van der Waals surface area contributed by atoms with E-state index in [2.05, 4.69) is 62.4 Å². The van der Waals surface area contributed by atoms with Gasteiger partial charge in [-0.15, -0.1) is 0 Å². The third-order valence-electron chi connectivity index (χ3n) is 6.11. The van der Waals surface area contributed by atoms with Gasteiger partial charge < -0.3 is 30.9 Å². The van der Waals surface area contributed by atoms with Gasteiger partial charge >= 0.3 is 0 Å². The van der Waals surface area contributed by atoms with Gasteiger partial charge in [0.25, 0.3) is 12.9 Å². The minimum Gasteiger partial charge on any atom is -0.483 e. The van der Waals surface area contributed by atoms with Gasteiger partial charge in [0, 0.05) is 49.4 Å². The lowest BCUT2D eigenvalue weighted by atomic mass is 9.97. The molecule has 5 N–H and O–H groups in total. The van der Waals surface area contributed by atoms with Crippen molar-refractivity contribution in [1.82, 2.24) is 25.1 Å². The zero-order valence-corrected chi connectivity index (χ0v) is 22.3. The molecule has 0 saturated heterocycles. The molecule has 2 atom stereocenters. The maximum Gasteiger partial charge on any atom is 0.290 e. The van der Waals surface area contributed by atoms with E-state index in [4.69, 9.17) is 29.5 Å². The number of methoxy groups -OCH3 is 1. The molecule has 3 aromatic heterocycles. The van der Waals surface area contributed by atoms with Crippen LogP contribution in [0.15, 0.2) is 73.3 Å². The first kappa shape index (κ1) is 29.6. The molecular weight excluding hydrogens is 514 g/mol. The summed E-state index contributed by atoms with van der Waals surface area (Å²) in [5, 5.41) is 29.0. The van der Waals surface area contributed by atoms with Crippen LogP contribution in [0.25, 0.3) is 11.1 Å². The molecule has 0 aliphatic carbocycles. The molecule has 1 aliphatic heterocycles. The fourth-order valence-corrected chi connectivity index (χ4v) is 4.29. The van der Waals surface area contributed by atoms with Gasteiger partial charge in [0.15, 0.2) is 0 Å². The molecule has 4 heterocycles. The highest BCUT2D eigenvalue weighted by molar-refractivity contribution is 5.75. The second kappa shape index (κ2) is 15.4. The first-order valence-electron chi connectivity index (χ1n) is 12.4. The molecule has 1 aliphatic rings. The predicted molar refractivity (Wildman–Crippen MR) is 151 cm³/mol. The second-order valence-electron chi connectivity index (χ2n) is 8.67. The maximum absolute atomic E-state index is 8.36. The Kier molecular flexibility index (Phi) is 11.4. The molecular formula is C28H33N7O5. The van der Waals surface area contributed by atoms with Gasteiger partial charge in [0.2, 0.25) is 5.88 Å². The number of nitrogens with one attached hydrogen (secondary N) is 3. The van der Waals surface area contributed by atoms with E-state index in [1.807, 2.05) is 44.0 Å². The van der Waals surface area contributed by atoms with Gasteiger partial charge in [-0.25, -0.2) is 9.97 Å². The number of carbonyl (C=O) groups is 2. The summed E-state index contributed by atoms with van der Waals surface area (Å²) < 4.78 is 6.96. The van der Waals surface area contributed by atoms with Crippen molar-refractivity contribution in [2.45, 2.75) is 18.5 Å². The number of pyridine rings is 2. The fraction of sp³-hybridized carbons (Fsp3) is 0.250. The van der Waals surface area contributed by atoms with Gasteiger partial charge in [-0.2, -0.15) is 5.10 Å². The van der Waals surface area contributed by atoms with E-state index in [0.29, 0.717) is 5.88 Å². The van der Waals surface area contributed by atoms with Crippen LogP contribution in [0, 0.1) is 0 Å². The zero-order valence-electron chi connectivity index (χ0n) is 22.3. The van der Waals surface area contributed by atoms with Crippen molar-refractivity contribution >= 4 is 24.4 Å². The van der Waals surface area contributed by atoms with Crippen LogP contribution in [0.1, 0.15) is 17.2 Å². The van der Waals surface area contributed by atoms with Crippen LogP contribution in [-0.4, -0.2) is 69.1 Å². The Bertz CT molecular complexity index is 1330.